The predicted molar refractivity (Wildman–Crippen MR) is 90.7 cm³/mol. The summed E-state index contributed by atoms with van der Waals surface area (Å²) in [5.41, 5.74) is 6.30. The molecule has 1 heteroatoms. The molecule has 0 atom stereocenters. The van der Waals surface area contributed by atoms with E-state index >= 15 is 0 Å². The molecule has 0 fully saturated rings. The molecule has 114 valence electrons. The van der Waals surface area contributed by atoms with Crippen molar-refractivity contribution in [1.82, 2.24) is 5.32 Å². The smallest absolute Gasteiger partial charge is 0.00103 e. The molecule has 20 heavy (non-hydrogen) atoms. The summed E-state index contributed by atoms with van der Waals surface area (Å²) < 4.78 is 0. The van der Waals surface area contributed by atoms with Gasteiger partial charge in [-0.25, -0.2) is 0 Å². The number of unbranched alkanes of at least 4 members (excludes halogenated alkanes) is 1. The molecule has 1 rings (SSSR count). The number of hydrogen-bond donors (Lipinski definition) is 1. The number of aryl methyl sites for hydroxylation is 3. The Hall–Kier alpha value is -0.820. The van der Waals surface area contributed by atoms with Crippen molar-refractivity contribution in [3.8, 4) is 0 Å². The first kappa shape index (κ1) is 17.2. The molecule has 1 nitrogen and oxygen atoms in total. The van der Waals surface area contributed by atoms with Gasteiger partial charge in [0.2, 0.25) is 0 Å². The average Bonchev–Trinajstić information content (AvgIpc) is 2.46. The van der Waals surface area contributed by atoms with Gasteiger partial charge >= 0.3 is 0 Å². The summed E-state index contributed by atoms with van der Waals surface area (Å²) in [4.78, 5) is 0. The van der Waals surface area contributed by atoms with E-state index in [1.807, 2.05) is 0 Å². The zero-order valence-electron chi connectivity index (χ0n) is 14.2. The lowest BCUT2D eigenvalue weighted by molar-refractivity contribution is 0.557. The third-order valence-corrected chi connectivity index (χ3v) is 4.07. The summed E-state index contributed by atoms with van der Waals surface area (Å²) in [7, 11) is 0. The van der Waals surface area contributed by atoms with Gasteiger partial charge in [0.05, 0.1) is 0 Å². The van der Waals surface area contributed by atoms with Crippen molar-refractivity contribution in [3.63, 3.8) is 0 Å². The summed E-state index contributed by atoms with van der Waals surface area (Å²) in [6.45, 7) is 12.4. The maximum absolute atomic E-state index is 3.51. The molecule has 1 aromatic carbocycles. The standard InChI is InChI=1S/C19H33N/c1-6-16-13-17(7-2)19(18(8-3)14-16)11-9-10-12-20-15(4)5/h13-15,20H,6-12H2,1-5H3. The molecule has 0 saturated heterocycles. The van der Waals surface area contributed by atoms with Crippen molar-refractivity contribution in [3.05, 3.63) is 34.4 Å². The first-order chi connectivity index (χ1) is 9.62. The van der Waals surface area contributed by atoms with Crippen LogP contribution in [-0.4, -0.2) is 12.6 Å². The van der Waals surface area contributed by atoms with Gasteiger partial charge < -0.3 is 5.32 Å². The fourth-order valence-electron chi connectivity index (χ4n) is 2.84. The van der Waals surface area contributed by atoms with Crippen LogP contribution in [0.25, 0.3) is 0 Å². The van der Waals surface area contributed by atoms with Gasteiger partial charge in [-0.1, -0.05) is 46.8 Å². The van der Waals surface area contributed by atoms with E-state index in [9.17, 15) is 0 Å². The lowest BCUT2D eigenvalue weighted by Gasteiger charge is -2.16. The maximum Gasteiger partial charge on any atom is 0.00103 e. The largest absolute Gasteiger partial charge is 0.315 e. The van der Waals surface area contributed by atoms with Gasteiger partial charge in [0.25, 0.3) is 0 Å². The highest BCUT2D eigenvalue weighted by molar-refractivity contribution is 5.39. The molecule has 0 unspecified atom stereocenters. The zero-order valence-corrected chi connectivity index (χ0v) is 14.2. The predicted octanol–water partition coefficient (Wildman–Crippen LogP) is 4.69. The van der Waals surface area contributed by atoms with Crippen molar-refractivity contribution in [2.24, 2.45) is 0 Å². The van der Waals surface area contributed by atoms with Gasteiger partial charge in [0.15, 0.2) is 0 Å². The summed E-state index contributed by atoms with van der Waals surface area (Å²) in [6.07, 6.45) is 7.31. The van der Waals surface area contributed by atoms with E-state index in [4.69, 9.17) is 0 Å². The Morgan fingerprint density at radius 2 is 1.50 bits per heavy atom. The molecule has 0 radical (unpaired) electrons. The average molecular weight is 275 g/mol. The molecule has 0 heterocycles. The highest BCUT2D eigenvalue weighted by Crippen LogP contribution is 2.22. The van der Waals surface area contributed by atoms with Crippen LogP contribution < -0.4 is 5.32 Å². The molecule has 0 bridgehead atoms. The minimum atomic E-state index is 0.608. The molecule has 0 amide bonds. The van der Waals surface area contributed by atoms with Crippen LogP contribution in [0.2, 0.25) is 0 Å². The van der Waals surface area contributed by atoms with Crippen LogP contribution in [0.4, 0.5) is 0 Å². The Kier molecular flexibility index (Phi) is 7.91. The quantitative estimate of drug-likeness (QED) is 0.644. The summed E-state index contributed by atoms with van der Waals surface area (Å²) in [5.74, 6) is 0. The molecule has 0 spiro atoms. The second-order valence-corrected chi connectivity index (χ2v) is 6.02. The topological polar surface area (TPSA) is 12.0 Å². The first-order valence-electron chi connectivity index (χ1n) is 8.49. The zero-order chi connectivity index (χ0) is 15.0. The van der Waals surface area contributed by atoms with Crippen LogP contribution in [0, 0.1) is 0 Å². The minimum Gasteiger partial charge on any atom is -0.315 e. The molecule has 0 aromatic heterocycles. The lowest BCUT2D eigenvalue weighted by atomic mass is 9.90. The van der Waals surface area contributed by atoms with Gasteiger partial charge in [-0.15, -0.1) is 0 Å². The molecule has 0 aliphatic rings. The van der Waals surface area contributed by atoms with Crippen molar-refractivity contribution < 1.29 is 0 Å². The lowest BCUT2D eigenvalue weighted by Crippen LogP contribution is -2.23. The van der Waals surface area contributed by atoms with Crippen LogP contribution in [0.15, 0.2) is 12.1 Å². The van der Waals surface area contributed by atoms with Crippen LogP contribution in [0.3, 0.4) is 0 Å². The second-order valence-electron chi connectivity index (χ2n) is 6.02. The van der Waals surface area contributed by atoms with E-state index in [0.717, 1.165) is 13.0 Å². The number of nitrogens with one attached hydrogen (secondary N) is 1. The number of hydrogen-bond acceptors (Lipinski definition) is 1. The van der Waals surface area contributed by atoms with Gasteiger partial charge in [-0.2, -0.15) is 0 Å². The third kappa shape index (κ3) is 5.28. The summed E-state index contributed by atoms with van der Waals surface area (Å²) in [5, 5.41) is 3.51. The van der Waals surface area contributed by atoms with Gasteiger partial charge in [0, 0.05) is 6.04 Å². The molecule has 0 aliphatic carbocycles. The molecule has 1 aromatic rings. The van der Waals surface area contributed by atoms with Crippen molar-refractivity contribution in [2.75, 3.05) is 6.54 Å². The Morgan fingerprint density at radius 3 is 1.95 bits per heavy atom. The van der Waals surface area contributed by atoms with E-state index in [2.05, 4.69) is 52.1 Å². The monoisotopic (exact) mass is 275 g/mol. The summed E-state index contributed by atoms with van der Waals surface area (Å²) in [6, 6.07) is 5.47. The first-order valence-corrected chi connectivity index (χ1v) is 8.49. The Morgan fingerprint density at radius 1 is 0.900 bits per heavy atom. The normalized spacial score (nSPS) is 11.3. The van der Waals surface area contributed by atoms with Crippen LogP contribution >= 0.6 is 0 Å². The fourth-order valence-corrected chi connectivity index (χ4v) is 2.84. The van der Waals surface area contributed by atoms with E-state index in [1.54, 1.807) is 16.7 Å². The molecular weight excluding hydrogens is 242 g/mol. The summed E-state index contributed by atoms with van der Waals surface area (Å²) >= 11 is 0. The third-order valence-electron chi connectivity index (χ3n) is 4.07. The molecule has 0 saturated carbocycles. The van der Waals surface area contributed by atoms with Crippen molar-refractivity contribution in [2.45, 2.75) is 79.2 Å². The van der Waals surface area contributed by atoms with Crippen LogP contribution in [0.5, 0.6) is 0 Å². The molecular formula is C19H33N. The SMILES string of the molecule is CCc1cc(CC)c(CCCCNC(C)C)c(CC)c1. The second kappa shape index (κ2) is 9.18. The van der Waals surface area contributed by atoms with E-state index in [-0.39, 0.29) is 0 Å². The number of rotatable bonds is 9. The Bertz CT molecular complexity index is 368. The van der Waals surface area contributed by atoms with Crippen molar-refractivity contribution in [1.29, 1.82) is 0 Å². The van der Waals surface area contributed by atoms with E-state index < -0.39 is 0 Å². The van der Waals surface area contributed by atoms with Gasteiger partial charge in [-0.05, 0) is 67.3 Å². The van der Waals surface area contributed by atoms with Gasteiger partial charge in [0.1, 0.15) is 0 Å². The maximum atomic E-state index is 3.51. The van der Waals surface area contributed by atoms with E-state index in [1.165, 1.54) is 37.7 Å². The van der Waals surface area contributed by atoms with Crippen LogP contribution in [-0.2, 0) is 25.7 Å². The van der Waals surface area contributed by atoms with Gasteiger partial charge in [-0.3, -0.25) is 0 Å². The van der Waals surface area contributed by atoms with Crippen LogP contribution in [0.1, 0.15) is 69.7 Å². The fraction of sp³-hybridized carbons (Fsp3) is 0.684. The minimum absolute atomic E-state index is 0.608. The highest BCUT2D eigenvalue weighted by Gasteiger charge is 2.08. The Labute approximate surface area is 126 Å². The molecule has 1 N–H and O–H groups in total. The van der Waals surface area contributed by atoms with E-state index in [0.29, 0.717) is 6.04 Å². The Balaban J connectivity index is 2.67. The highest BCUT2D eigenvalue weighted by atomic mass is 14.9. The number of benzene rings is 1. The molecule has 0 aliphatic heterocycles. The van der Waals surface area contributed by atoms with Crippen molar-refractivity contribution >= 4 is 0 Å².